The minimum atomic E-state index is -0.193. The molecule has 46 valence electrons. The van der Waals surface area contributed by atoms with Gasteiger partial charge in [-0.15, -0.1) is 11.6 Å². The molecule has 1 unspecified atom stereocenters. The Balaban J connectivity index is 3.71. The lowest BCUT2D eigenvalue weighted by molar-refractivity contribution is 0.485. The zero-order valence-corrected chi connectivity index (χ0v) is 6.50. The van der Waals surface area contributed by atoms with Crippen LogP contribution in [0.1, 0.15) is 20.8 Å². The maximum atomic E-state index is 5.73. The van der Waals surface area contributed by atoms with Crippen molar-refractivity contribution in [1.29, 1.82) is 0 Å². The standard InChI is InChI=1S/C6H12BCl/c1-5(2)6(3,7)4-8/h5H,4H2,1-3H3. The molecule has 2 radical (unpaired) electrons. The van der Waals surface area contributed by atoms with E-state index in [0.29, 0.717) is 11.8 Å². The summed E-state index contributed by atoms with van der Waals surface area (Å²) < 4.78 is 0. The van der Waals surface area contributed by atoms with E-state index in [2.05, 4.69) is 13.8 Å². The largest absolute Gasteiger partial charge is 0.127 e. The number of rotatable bonds is 2. The zero-order valence-electron chi connectivity index (χ0n) is 5.74. The topological polar surface area (TPSA) is 0 Å². The SMILES string of the molecule is [B]C(C)(CCl)C(C)C. The number of hydrogen-bond donors (Lipinski definition) is 0. The summed E-state index contributed by atoms with van der Waals surface area (Å²) in [7, 11) is 5.73. The van der Waals surface area contributed by atoms with Gasteiger partial charge in [0.25, 0.3) is 0 Å². The van der Waals surface area contributed by atoms with Crippen molar-refractivity contribution in [1.82, 2.24) is 0 Å². The Hall–Kier alpha value is 0.355. The molecule has 1 atom stereocenters. The lowest BCUT2D eigenvalue weighted by atomic mass is 9.65. The molecule has 0 saturated heterocycles. The van der Waals surface area contributed by atoms with Crippen LogP contribution in [0.4, 0.5) is 0 Å². The van der Waals surface area contributed by atoms with Gasteiger partial charge in [-0.1, -0.05) is 26.1 Å². The van der Waals surface area contributed by atoms with Crippen molar-refractivity contribution in [2.75, 3.05) is 5.88 Å². The van der Waals surface area contributed by atoms with E-state index >= 15 is 0 Å². The van der Waals surface area contributed by atoms with Crippen molar-refractivity contribution in [3.8, 4) is 0 Å². The molecule has 0 aliphatic carbocycles. The smallest absolute Gasteiger partial charge is 0.0762 e. The molecular formula is C6H12BCl. The molecule has 2 heteroatoms. The maximum absolute atomic E-state index is 5.73. The summed E-state index contributed by atoms with van der Waals surface area (Å²) in [5, 5.41) is -0.193. The van der Waals surface area contributed by atoms with Gasteiger partial charge in [0.15, 0.2) is 0 Å². The second-order valence-corrected chi connectivity index (χ2v) is 3.06. The van der Waals surface area contributed by atoms with Crippen LogP contribution in [0.25, 0.3) is 0 Å². The average molecular weight is 130 g/mol. The van der Waals surface area contributed by atoms with Gasteiger partial charge in [0.05, 0.1) is 7.85 Å². The van der Waals surface area contributed by atoms with Crippen LogP contribution in [0.5, 0.6) is 0 Å². The fraction of sp³-hybridized carbons (Fsp3) is 1.00. The van der Waals surface area contributed by atoms with Crippen molar-refractivity contribution in [2.24, 2.45) is 5.92 Å². The first kappa shape index (κ1) is 8.35. The van der Waals surface area contributed by atoms with Crippen molar-refractivity contribution in [3.63, 3.8) is 0 Å². The van der Waals surface area contributed by atoms with E-state index in [1.165, 1.54) is 0 Å². The summed E-state index contributed by atoms with van der Waals surface area (Å²) in [6.07, 6.45) is 0. The van der Waals surface area contributed by atoms with Crippen LogP contribution in [0.15, 0.2) is 0 Å². The summed E-state index contributed by atoms with van der Waals surface area (Å²) in [6.45, 7) is 6.11. The summed E-state index contributed by atoms with van der Waals surface area (Å²) in [6, 6.07) is 0. The highest BCUT2D eigenvalue weighted by Gasteiger charge is 2.19. The molecule has 0 bridgehead atoms. The van der Waals surface area contributed by atoms with E-state index in [-0.39, 0.29) is 5.31 Å². The van der Waals surface area contributed by atoms with Crippen LogP contribution in [-0.2, 0) is 0 Å². The molecular weight excluding hydrogens is 118 g/mol. The molecule has 0 rings (SSSR count). The summed E-state index contributed by atoms with van der Waals surface area (Å²) >= 11 is 5.56. The Morgan fingerprint density at radius 3 is 2.00 bits per heavy atom. The lowest BCUT2D eigenvalue weighted by Gasteiger charge is -2.26. The van der Waals surface area contributed by atoms with Gasteiger partial charge >= 0.3 is 0 Å². The first-order chi connectivity index (χ1) is 3.50. The van der Waals surface area contributed by atoms with Gasteiger partial charge in [-0.3, -0.25) is 0 Å². The van der Waals surface area contributed by atoms with Crippen molar-refractivity contribution in [2.45, 2.75) is 26.1 Å². The van der Waals surface area contributed by atoms with Crippen LogP contribution >= 0.6 is 11.6 Å². The third kappa shape index (κ3) is 2.08. The first-order valence-electron chi connectivity index (χ1n) is 2.85. The molecule has 0 spiro atoms. The molecule has 0 saturated carbocycles. The molecule has 0 amide bonds. The fourth-order valence-corrected chi connectivity index (χ4v) is 0.463. The van der Waals surface area contributed by atoms with E-state index in [4.69, 9.17) is 19.4 Å². The van der Waals surface area contributed by atoms with E-state index in [1.54, 1.807) is 0 Å². The molecule has 0 fully saturated rings. The second-order valence-electron chi connectivity index (χ2n) is 2.79. The Labute approximate surface area is 58.0 Å². The molecule has 0 nitrogen and oxygen atoms in total. The van der Waals surface area contributed by atoms with Crippen molar-refractivity contribution in [3.05, 3.63) is 0 Å². The Morgan fingerprint density at radius 2 is 2.00 bits per heavy atom. The van der Waals surface area contributed by atoms with Crippen LogP contribution in [-0.4, -0.2) is 13.7 Å². The molecule has 8 heavy (non-hydrogen) atoms. The summed E-state index contributed by atoms with van der Waals surface area (Å²) in [5.41, 5.74) is 0. The van der Waals surface area contributed by atoms with Crippen LogP contribution in [0.2, 0.25) is 5.31 Å². The maximum Gasteiger partial charge on any atom is 0.0762 e. The second kappa shape index (κ2) is 2.77. The third-order valence-electron chi connectivity index (χ3n) is 1.61. The zero-order chi connectivity index (χ0) is 6.78. The average Bonchev–Trinajstić information content (AvgIpc) is 1.67. The van der Waals surface area contributed by atoms with Gasteiger partial charge in [-0.2, -0.15) is 0 Å². The van der Waals surface area contributed by atoms with E-state index in [1.807, 2.05) is 6.92 Å². The fourth-order valence-electron chi connectivity index (χ4n) is 0.154. The minimum Gasteiger partial charge on any atom is -0.127 e. The molecule has 0 aliphatic rings. The Morgan fingerprint density at radius 1 is 1.62 bits per heavy atom. The summed E-state index contributed by atoms with van der Waals surface area (Å²) in [4.78, 5) is 0. The van der Waals surface area contributed by atoms with Gasteiger partial charge in [-0.05, 0) is 5.92 Å². The molecule has 0 N–H and O–H groups in total. The predicted octanol–water partition coefficient (Wildman–Crippen LogP) is 2.23. The highest BCUT2D eigenvalue weighted by molar-refractivity contribution is 6.26. The quantitative estimate of drug-likeness (QED) is 0.397. The van der Waals surface area contributed by atoms with Crippen LogP contribution < -0.4 is 0 Å². The normalized spacial score (nSPS) is 18.6. The number of alkyl halides is 1. The molecule has 0 aromatic rings. The minimum absolute atomic E-state index is 0.193. The molecule has 0 heterocycles. The highest BCUT2D eigenvalue weighted by Crippen LogP contribution is 2.31. The molecule has 0 aromatic carbocycles. The van der Waals surface area contributed by atoms with Crippen molar-refractivity contribution >= 4 is 19.4 Å². The Bertz CT molecular complexity index is 68.9. The van der Waals surface area contributed by atoms with Crippen molar-refractivity contribution < 1.29 is 0 Å². The predicted molar refractivity (Wildman–Crippen MR) is 39.7 cm³/mol. The highest BCUT2D eigenvalue weighted by atomic mass is 35.5. The van der Waals surface area contributed by atoms with E-state index in [9.17, 15) is 0 Å². The van der Waals surface area contributed by atoms with Gasteiger partial charge in [0.2, 0.25) is 0 Å². The van der Waals surface area contributed by atoms with E-state index in [0.717, 1.165) is 0 Å². The summed E-state index contributed by atoms with van der Waals surface area (Å²) in [5.74, 6) is 0.991. The lowest BCUT2D eigenvalue weighted by Crippen LogP contribution is -2.17. The van der Waals surface area contributed by atoms with E-state index < -0.39 is 0 Å². The van der Waals surface area contributed by atoms with Crippen LogP contribution in [0, 0.1) is 5.92 Å². The van der Waals surface area contributed by atoms with Gasteiger partial charge in [0, 0.05) is 5.88 Å². The first-order valence-corrected chi connectivity index (χ1v) is 3.39. The van der Waals surface area contributed by atoms with Gasteiger partial charge < -0.3 is 0 Å². The molecule has 0 aromatic heterocycles. The Kier molecular flexibility index (Phi) is 2.89. The monoisotopic (exact) mass is 130 g/mol. The van der Waals surface area contributed by atoms with Gasteiger partial charge in [0.1, 0.15) is 0 Å². The van der Waals surface area contributed by atoms with Gasteiger partial charge in [-0.25, -0.2) is 0 Å². The number of halogens is 1. The number of hydrogen-bond acceptors (Lipinski definition) is 0. The van der Waals surface area contributed by atoms with Crippen LogP contribution in [0.3, 0.4) is 0 Å². The molecule has 0 aliphatic heterocycles. The third-order valence-corrected chi connectivity index (χ3v) is 2.18.